The smallest absolute Gasteiger partial charge is 0.212 e. The molecule has 0 radical (unpaired) electrons. The summed E-state index contributed by atoms with van der Waals surface area (Å²) in [4.78, 5) is 15.1. The van der Waals surface area contributed by atoms with Crippen molar-refractivity contribution in [3.8, 4) is 0 Å². The van der Waals surface area contributed by atoms with E-state index >= 15 is 0 Å². The monoisotopic (exact) mass is 414 g/mol. The number of Topliss-reactive ketones (excluding diaryl/α,β-unsaturated/α-hetero) is 1. The van der Waals surface area contributed by atoms with Gasteiger partial charge in [-0.05, 0) is 62.7 Å². The van der Waals surface area contributed by atoms with Gasteiger partial charge in [0.25, 0.3) is 0 Å². The zero-order valence-electron chi connectivity index (χ0n) is 16.4. The summed E-state index contributed by atoms with van der Waals surface area (Å²) < 4.78 is 19.2. The van der Waals surface area contributed by atoms with Crippen LogP contribution in [0.4, 0.5) is 4.39 Å². The number of halogens is 2. The molecule has 152 valence electrons. The maximum atomic E-state index is 13.5. The van der Waals surface area contributed by atoms with E-state index in [9.17, 15) is 9.18 Å². The summed E-state index contributed by atoms with van der Waals surface area (Å²) in [6, 6.07) is 12.3. The number of likely N-dealkylation sites (tertiary alicyclic amines) is 1. The number of fused-ring (bicyclic) bond motifs is 1. The van der Waals surface area contributed by atoms with Crippen molar-refractivity contribution < 1.29 is 13.6 Å². The lowest BCUT2D eigenvalue weighted by Crippen LogP contribution is -2.36. The molecule has 0 spiro atoms. The van der Waals surface area contributed by atoms with Gasteiger partial charge in [0.15, 0.2) is 5.76 Å². The summed E-state index contributed by atoms with van der Waals surface area (Å²) in [5.74, 6) is -0.196. The Kier molecular flexibility index (Phi) is 5.99. The third-order valence-electron chi connectivity index (χ3n) is 5.62. The number of nitrogens with zero attached hydrogens (tertiary/aromatic N) is 1. The predicted molar refractivity (Wildman–Crippen MR) is 113 cm³/mol. The maximum Gasteiger partial charge on any atom is 0.212 e. The Morgan fingerprint density at radius 2 is 2.00 bits per heavy atom. The Morgan fingerprint density at radius 3 is 2.76 bits per heavy atom. The topological polar surface area (TPSA) is 45.5 Å². The van der Waals surface area contributed by atoms with Crippen LogP contribution in [0.25, 0.3) is 11.0 Å². The summed E-state index contributed by atoms with van der Waals surface area (Å²) >= 11 is 6.45. The molecule has 1 unspecified atom stereocenters. The van der Waals surface area contributed by atoms with Gasteiger partial charge < -0.3 is 9.73 Å². The minimum atomic E-state index is -0.341. The SMILES string of the molecule is Cc1c(C(=O)CNCC(c2ccccc2Cl)N2CCCC2)oc2ccc(F)cc12. The minimum Gasteiger partial charge on any atom is -0.453 e. The molecule has 1 saturated heterocycles. The number of carbonyl (C=O) groups is 1. The Hall–Kier alpha value is -2.21. The highest BCUT2D eigenvalue weighted by Gasteiger charge is 2.25. The molecule has 1 N–H and O–H groups in total. The van der Waals surface area contributed by atoms with E-state index < -0.39 is 0 Å². The Morgan fingerprint density at radius 1 is 1.24 bits per heavy atom. The number of hydrogen-bond acceptors (Lipinski definition) is 4. The van der Waals surface area contributed by atoms with Gasteiger partial charge in [0.2, 0.25) is 5.78 Å². The summed E-state index contributed by atoms with van der Waals surface area (Å²) in [7, 11) is 0. The van der Waals surface area contributed by atoms with Gasteiger partial charge in [-0.3, -0.25) is 9.69 Å². The third kappa shape index (κ3) is 4.22. The summed E-state index contributed by atoms with van der Waals surface area (Å²) in [5.41, 5.74) is 2.28. The van der Waals surface area contributed by atoms with Gasteiger partial charge in [0.1, 0.15) is 11.4 Å². The highest BCUT2D eigenvalue weighted by Crippen LogP contribution is 2.30. The number of aryl methyl sites for hydroxylation is 1. The second kappa shape index (κ2) is 8.66. The molecule has 6 heteroatoms. The zero-order valence-corrected chi connectivity index (χ0v) is 17.1. The molecule has 1 fully saturated rings. The molecular formula is C23H24ClFN2O2. The van der Waals surface area contributed by atoms with Crippen LogP contribution < -0.4 is 5.32 Å². The third-order valence-corrected chi connectivity index (χ3v) is 5.96. The van der Waals surface area contributed by atoms with Gasteiger partial charge in [-0.1, -0.05) is 29.8 Å². The van der Waals surface area contributed by atoms with Crippen molar-refractivity contribution in [3.63, 3.8) is 0 Å². The lowest BCUT2D eigenvalue weighted by molar-refractivity contribution is 0.0962. The Bertz CT molecular complexity index is 1030. The molecule has 0 saturated carbocycles. The fourth-order valence-electron chi connectivity index (χ4n) is 4.10. The van der Waals surface area contributed by atoms with E-state index in [2.05, 4.69) is 10.2 Å². The highest BCUT2D eigenvalue weighted by molar-refractivity contribution is 6.31. The van der Waals surface area contributed by atoms with Gasteiger partial charge >= 0.3 is 0 Å². The standard InChI is InChI=1S/C23H24ClFN2O2/c1-15-18-12-16(25)8-9-22(18)29-23(15)21(28)14-26-13-20(27-10-4-5-11-27)17-6-2-3-7-19(17)24/h2-3,6-9,12,20,26H,4-5,10-11,13-14H2,1H3. The van der Waals surface area contributed by atoms with E-state index in [1.807, 2.05) is 24.3 Å². The Labute approximate surface area is 174 Å². The van der Waals surface area contributed by atoms with E-state index in [-0.39, 0.29) is 29.9 Å². The molecule has 0 amide bonds. The molecule has 2 heterocycles. The number of ketones is 1. The molecule has 1 aliphatic heterocycles. The van der Waals surface area contributed by atoms with Crippen LogP contribution in [0, 0.1) is 12.7 Å². The number of carbonyl (C=O) groups excluding carboxylic acids is 1. The van der Waals surface area contributed by atoms with Crippen LogP contribution in [-0.2, 0) is 0 Å². The molecule has 2 aromatic carbocycles. The fraction of sp³-hybridized carbons (Fsp3) is 0.348. The first-order chi connectivity index (χ1) is 14.0. The number of benzene rings is 2. The molecule has 29 heavy (non-hydrogen) atoms. The molecule has 0 aliphatic carbocycles. The average molecular weight is 415 g/mol. The molecular weight excluding hydrogens is 391 g/mol. The molecule has 1 atom stereocenters. The molecule has 0 bridgehead atoms. The van der Waals surface area contributed by atoms with Crippen molar-refractivity contribution in [1.29, 1.82) is 0 Å². The molecule has 4 nitrogen and oxygen atoms in total. The van der Waals surface area contributed by atoms with Gasteiger partial charge in [-0.15, -0.1) is 0 Å². The minimum absolute atomic E-state index is 0.116. The summed E-state index contributed by atoms with van der Waals surface area (Å²) in [6.07, 6.45) is 2.35. The molecule has 1 aromatic heterocycles. The Balaban J connectivity index is 1.47. The van der Waals surface area contributed by atoms with E-state index in [4.69, 9.17) is 16.0 Å². The second-order valence-electron chi connectivity index (χ2n) is 7.53. The first kappa shape index (κ1) is 20.1. The second-order valence-corrected chi connectivity index (χ2v) is 7.94. The normalized spacial score (nSPS) is 15.8. The van der Waals surface area contributed by atoms with E-state index in [0.717, 1.165) is 23.7 Å². The van der Waals surface area contributed by atoms with Crippen molar-refractivity contribution in [2.75, 3.05) is 26.2 Å². The van der Waals surface area contributed by atoms with Crippen molar-refractivity contribution in [1.82, 2.24) is 10.2 Å². The summed E-state index contributed by atoms with van der Waals surface area (Å²) in [6.45, 7) is 4.61. The van der Waals surface area contributed by atoms with E-state index in [0.29, 0.717) is 23.1 Å². The first-order valence-electron chi connectivity index (χ1n) is 9.95. The lowest BCUT2D eigenvalue weighted by Gasteiger charge is -2.29. The number of hydrogen-bond donors (Lipinski definition) is 1. The zero-order chi connectivity index (χ0) is 20.4. The van der Waals surface area contributed by atoms with Gasteiger partial charge in [-0.2, -0.15) is 0 Å². The predicted octanol–water partition coefficient (Wildman–Crippen LogP) is 5.14. The van der Waals surface area contributed by atoms with Gasteiger partial charge in [0, 0.05) is 28.6 Å². The van der Waals surface area contributed by atoms with Gasteiger partial charge in [0.05, 0.1) is 6.54 Å². The van der Waals surface area contributed by atoms with Crippen molar-refractivity contribution in [2.45, 2.75) is 25.8 Å². The van der Waals surface area contributed by atoms with Crippen molar-refractivity contribution in [2.24, 2.45) is 0 Å². The first-order valence-corrected chi connectivity index (χ1v) is 10.3. The van der Waals surface area contributed by atoms with Crippen LogP contribution in [0.3, 0.4) is 0 Å². The van der Waals surface area contributed by atoms with Crippen LogP contribution in [0.5, 0.6) is 0 Å². The van der Waals surface area contributed by atoms with Crippen LogP contribution in [0.1, 0.15) is 40.6 Å². The number of rotatable bonds is 7. The number of nitrogens with one attached hydrogen (secondary N) is 1. The van der Waals surface area contributed by atoms with Crippen LogP contribution in [0.2, 0.25) is 5.02 Å². The van der Waals surface area contributed by atoms with Crippen molar-refractivity contribution >= 4 is 28.4 Å². The van der Waals surface area contributed by atoms with E-state index in [1.54, 1.807) is 13.0 Å². The summed E-state index contributed by atoms with van der Waals surface area (Å²) in [5, 5.41) is 4.67. The molecule has 3 aromatic rings. The van der Waals surface area contributed by atoms with Crippen molar-refractivity contribution in [3.05, 3.63) is 70.2 Å². The largest absolute Gasteiger partial charge is 0.453 e. The number of furan rings is 1. The molecule has 1 aliphatic rings. The van der Waals surface area contributed by atoms with Crippen LogP contribution in [0.15, 0.2) is 46.9 Å². The lowest BCUT2D eigenvalue weighted by atomic mass is 10.1. The van der Waals surface area contributed by atoms with E-state index in [1.165, 1.54) is 25.0 Å². The molecule has 4 rings (SSSR count). The highest BCUT2D eigenvalue weighted by atomic mass is 35.5. The fourth-order valence-corrected chi connectivity index (χ4v) is 4.36. The van der Waals surface area contributed by atoms with Crippen LogP contribution >= 0.6 is 11.6 Å². The average Bonchev–Trinajstić information content (AvgIpc) is 3.35. The van der Waals surface area contributed by atoms with Gasteiger partial charge in [-0.25, -0.2) is 4.39 Å². The maximum absolute atomic E-state index is 13.5. The van der Waals surface area contributed by atoms with Crippen LogP contribution in [-0.4, -0.2) is 36.9 Å². The quantitative estimate of drug-likeness (QED) is 0.543.